The van der Waals surface area contributed by atoms with E-state index < -0.39 is 37.7 Å². The van der Waals surface area contributed by atoms with E-state index >= 15 is 0 Å². The number of benzene rings is 2. The summed E-state index contributed by atoms with van der Waals surface area (Å²) in [6.45, 7) is 1.82. The number of sulfone groups is 1. The Morgan fingerprint density at radius 2 is 1.74 bits per heavy atom. The Balaban J connectivity index is 1.59. The summed E-state index contributed by atoms with van der Waals surface area (Å²) >= 11 is 0. The van der Waals surface area contributed by atoms with E-state index in [1.54, 1.807) is 24.3 Å². The molecule has 176 valence electrons. The minimum atomic E-state index is -5.56. The molecule has 1 saturated carbocycles. The van der Waals surface area contributed by atoms with Gasteiger partial charge < -0.3 is 5.73 Å². The SMILES string of the molecule is CC1CC12C(=O)N(c1ccc(S(=O)(=O)C(F)(F)F)cc1)C(=O)N2c1ccnc2cc(N)ccc12. The third-order valence-electron chi connectivity index (χ3n) is 6.32. The third kappa shape index (κ3) is 2.91. The highest BCUT2D eigenvalue weighted by molar-refractivity contribution is 7.92. The molecule has 5 rings (SSSR count). The van der Waals surface area contributed by atoms with Gasteiger partial charge in [0.15, 0.2) is 0 Å². The number of amides is 3. The van der Waals surface area contributed by atoms with E-state index in [4.69, 9.17) is 5.73 Å². The van der Waals surface area contributed by atoms with Gasteiger partial charge in [0.1, 0.15) is 5.54 Å². The zero-order valence-electron chi connectivity index (χ0n) is 17.6. The number of rotatable bonds is 3. The Kier molecular flexibility index (Phi) is 4.50. The first-order chi connectivity index (χ1) is 15.9. The summed E-state index contributed by atoms with van der Waals surface area (Å²) < 4.78 is 61.9. The van der Waals surface area contributed by atoms with Gasteiger partial charge in [-0.05, 0) is 60.9 Å². The average molecular weight is 490 g/mol. The van der Waals surface area contributed by atoms with Crippen molar-refractivity contribution >= 4 is 49.7 Å². The van der Waals surface area contributed by atoms with Crippen LogP contribution in [-0.4, -0.2) is 36.4 Å². The average Bonchev–Trinajstić information content (AvgIpc) is 3.38. The molecule has 1 spiro atoms. The van der Waals surface area contributed by atoms with E-state index in [1.807, 2.05) is 6.92 Å². The number of alkyl halides is 3. The maximum Gasteiger partial charge on any atom is 0.501 e. The second-order valence-electron chi connectivity index (χ2n) is 8.34. The Morgan fingerprint density at radius 3 is 2.32 bits per heavy atom. The summed E-state index contributed by atoms with van der Waals surface area (Å²) in [6, 6.07) is 9.41. The summed E-state index contributed by atoms with van der Waals surface area (Å²) in [5.41, 5.74) is 0.648. The minimum absolute atomic E-state index is 0.0281. The first-order valence-electron chi connectivity index (χ1n) is 10.1. The number of imide groups is 1. The van der Waals surface area contributed by atoms with Crippen molar-refractivity contribution < 1.29 is 31.2 Å². The van der Waals surface area contributed by atoms with E-state index in [0.29, 0.717) is 28.7 Å². The van der Waals surface area contributed by atoms with Gasteiger partial charge in [0.2, 0.25) is 0 Å². The fourth-order valence-electron chi connectivity index (χ4n) is 4.46. The van der Waals surface area contributed by atoms with Gasteiger partial charge in [-0.2, -0.15) is 13.2 Å². The molecule has 2 N–H and O–H groups in total. The summed E-state index contributed by atoms with van der Waals surface area (Å²) in [5.74, 6) is -0.701. The van der Waals surface area contributed by atoms with Crippen LogP contribution in [-0.2, 0) is 14.6 Å². The molecule has 3 aromatic rings. The number of pyridine rings is 1. The zero-order chi connectivity index (χ0) is 24.6. The van der Waals surface area contributed by atoms with Gasteiger partial charge in [0.05, 0.1) is 21.8 Å². The summed E-state index contributed by atoms with van der Waals surface area (Å²) in [7, 11) is -5.56. The van der Waals surface area contributed by atoms with Crippen molar-refractivity contribution in [3.05, 3.63) is 54.7 Å². The molecule has 2 unspecified atom stereocenters. The van der Waals surface area contributed by atoms with Crippen molar-refractivity contribution in [1.29, 1.82) is 0 Å². The highest BCUT2D eigenvalue weighted by Crippen LogP contribution is 2.56. The maximum absolute atomic E-state index is 13.6. The molecule has 2 aliphatic rings. The lowest BCUT2D eigenvalue weighted by molar-refractivity contribution is -0.119. The lowest BCUT2D eigenvalue weighted by Crippen LogP contribution is -2.39. The predicted octanol–water partition coefficient (Wildman–Crippen LogP) is 3.86. The monoisotopic (exact) mass is 490 g/mol. The second-order valence-corrected chi connectivity index (χ2v) is 10.3. The number of aromatic nitrogens is 1. The van der Waals surface area contributed by atoms with Crippen LogP contribution in [0.1, 0.15) is 13.3 Å². The topological polar surface area (TPSA) is 114 Å². The van der Waals surface area contributed by atoms with Gasteiger partial charge in [-0.25, -0.2) is 18.1 Å². The molecule has 34 heavy (non-hydrogen) atoms. The number of fused-ring (bicyclic) bond motifs is 1. The largest absolute Gasteiger partial charge is 0.501 e. The summed E-state index contributed by atoms with van der Waals surface area (Å²) in [4.78, 5) is 32.6. The van der Waals surface area contributed by atoms with Crippen molar-refractivity contribution in [1.82, 2.24) is 4.98 Å². The Bertz CT molecular complexity index is 1470. The van der Waals surface area contributed by atoms with E-state index in [1.165, 1.54) is 11.1 Å². The second kappa shape index (κ2) is 6.92. The van der Waals surface area contributed by atoms with E-state index in [9.17, 15) is 31.2 Å². The van der Waals surface area contributed by atoms with E-state index in [2.05, 4.69) is 4.98 Å². The number of carbonyl (C=O) groups is 2. The first-order valence-corrected chi connectivity index (χ1v) is 11.6. The van der Waals surface area contributed by atoms with Crippen LogP contribution in [0.15, 0.2) is 59.6 Å². The van der Waals surface area contributed by atoms with Gasteiger partial charge in [-0.3, -0.25) is 14.7 Å². The predicted molar refractivity (Wildman–Crippen MR) is 118 cm³/mol. The molecule has 2 atom stereocenters. The molecule has 0 radical (unpaired) electrons. The van der Waals surface area contributed by atoms with Crippen LogP contribution in [0.5, 0.6) is 0 Å². The highest BCUT2D eigenvalue weighted by atomic mass is 32.2. The lowest BCUT2D eigenvalue weighted by atomic mass is 10.1. The zero-order valence-corrected chi connectivity index (χ0v) is 18.4. The van der Waals surface area contributed by atoms with Crippen LogP contribution in [0, 0.1) is 5.92 Å². The molecule has 1 aliphatic carbocycles. The number of carbonyl (C=O) groups excluding carboxylic acids is 2. The number of nitrogens with two attached hydrogens (primary N) is 1. The fraction of sp³-hybridized carbons (Fsp3) is 0.227. The van der Waals surface area contributed by atoms with Crippen LogP contribution < -0.4 is 15.5 Å². The normalized spacial score (nSPS) is 22.8. The van der Waals surface area contributed by atoms with Gasteiger partial charge in [0, 0.05) is 17.3 Å². The lowest BCUT2D eigenvalue weighted by Gasteiger charge is -2.23. The van der Waals surface area contributed by atoms with E-state index in [-0.39, 0.29) is 11.6 Å². The molecular weight excluding hydrogens is 473 g/mol. The number of nitrogens with zero attached hydrogens (tertiary/aromatic N) is 3. The third-order valence-corrected chi connectivity index (χ3v) is 7.82. The number of urea groups is 1. The van der Waals surface area contributed by atoms with Crippen LogP contribution in [0.25, 0.3) is 10.9 Å². The fourth-order valence-corrected chi connectivity index (χ4v) is 5.22. The molecular formula is C22H17F3N4O4S. The van der Waals surface area contributed by atoms with Gasteiger partial charge >= 0.3 is 11.5 Å². The molecule has 3 amide bonds. The molecule has 2 aromatic carbocycles. The quantitative estimate of drug-likeness (QED) is 0.441. The van der Waals surface area contributed by atoms with Crippen LogP contribution >= 0.6 is 0 Å². The number of hydrogen-bond donors (Lipinski definition) is 1. The smallest absolute Gasteiger partial charge is 0.399 e. The Labute approximate surface area is 191 Å². The molecule has 0 bridgehead atoms. The van der Waals surface area contributed by atoms with Crippen molar-refractivity contribution in [3.8, 4) is 0 Å². The van der Waals surface area contributed by atoms with Crippen LogP contribution in [0.2, 0.25) is 0 Å². The number of hydrogen-bond acceptors (Lipinski definition) is 6. The van der Waals surface area contributed by atoms with Crippen molar-refractivity contribution in [3.63, 3.8) is 0 Å². The minimum Gasteiger partial charge on any atom is -0.399 e. The molecule has 1 aliphatic heterocycles. The molecule has 12 heteroatoms. The van der Waals surface area contributed by atoms with Crippen LogP contribution in [0.4, 0.5) is 35.0 Å². The molecule has 2 heterocycles. The van der Waals surface area contributed by atoms with Crippen molar-refractivity contribution in [2.45, 2.75) is 29.3 Å². The molecule has 2 fully saturated rings. The molecule has 1 aromatic heterocycles. The number of nitrogen functional groups attached to an aromatic ring is 1. The Hall–Kier alpha value is -3.67. The van der Waals surface area contributed by atoms with Crippen molar-refractivity contribution in [2.24, 2.45) is 5.92 Å². The number of halogens is 3. The van der Waals surface area contributed by atoms with Gasteiger partial charge in [-0.15, -0.1) is 0 Å². The maximum atomic E-state index is 13.6. The van der Waals surface area contributed by atoms with Gasteiger partial charge in [-0.1, -0.05) is 6.92 Å². The highest BCUT2D eigenvalue weighted by Gasteiger charge is 2.70. The van der Waals surface area contributed by atoms with Crippen LogP contribution in [0.3, 0.4) is 0 Å². The first kappa shape index (κ1) is 22.1. The standard InChI is InChI=1S/C22H17F3N4O4S/c1-12-11-21(12)19(30)28(14-3-5-15(6-4-14)34(32,33)22(23,24)25)20(31)29(21)18-8-9-27-17-10-13(26)2-7-16(17)18/h2-10,12H,11,26H2,1H3. The molecule has 1 saturated heterocycles. The number of anilines is 3. The summed E-state index contributed by atoms with van der Waals surface area (Å²) in [5, 5.41) is 0.602. The van der Waals surface area contributed by atoms with Crippen molar-refractivity contribution in [2.75, 3.05) is 15.5 Å². The van der Waals surface area contributed by atoms with E-state index in [0.717, 1.165) is 29.2 Å². The molecule has 8 nitrogen and oxygen atoms in total. The Morgan fingerprint density at radius 1 is 1.09 bits per heavy atom. The van der Waals surface area contributed by atoms with Gasteiger partial charge in [0.25, 0.3) is 15.7 Å². The summed E-state index contributed by atoms with van der Waals surface area (Å²) in [6.07, 6.45) is 1.89.